The molecule has 3 aromatic rings. The molecule has 0 aliphatic carbocycles. The third kappa shape index (κ3) is 4.43. The minimum Gasteiger partial charge on any atom is -0.368 e. The van der Waals surface area contributed by atoms with Crippen molar-refractivity contribution in [2.24, 2.45) is 0 Å². The number of amides is 1. The topological polar surface area (TPSA) is 60.9 Å². The number of piperazine rings is 1. The lowest BCUT2D eigenvalue weighted by Gasteiger charge is -2.41. The molecule has 34 heavy (non-hydrogen) atoms. The molecule has 0 bridgehead atoms. The number of hydrogen-bond acceptors (Lipinski definition) is 4. The number of carbonyl (C=O) groups is 1. The summed E-state index contributed by atoms with van der Waals surface area (Å²) in [5.74, 6) is -0.139. The van der Waals surface area contributed by atoms with Gasteiger partial charge in [0.05, 0.1) is 4.90 Å². The summed E-state index contributed by atoms with van der Waals surface area (Å²) in [6, 6.07) is 23.2. The number of para-hydroxylation sites is 1. The van der Waals surface area contributed by atoms with Crippen LogP contribution in [-0.4, -0.2) is 55.8 Å². The molecule has 0 N–H and O–H groups in total. The van der Waals surface area contributed by atoms with E-state index in [0.29, 0.717) is 37.6 Å². The van der Waals surface area contributed by atoms with Crippen molar-refractivity contribution in [2.75, 3.05) is 31.1 Å². The molecule has 2 aliphatic heterocycles. The Balaban J connectivity index is 1.41. The van der Waals surface area contributed by atoms with Crippen molar-refractivity contribution in [1.29, 1.82) is 0 Å². The lowest BCUT2D eigenvalue weighted by atomic mass is 9.95. The first-order valence-corrected chi connectivity index (χ1v) is 13.2. The molecule has 1 amide bonds. The highest BCUT2D eigenvalue weighted by atomic mass is 35.5. The summed E-state index contributed by atoms with van der Waals surface area (Å²) in [5, 5.41) is 0.465. The Morgan fingerprint density at radius 2 is 1.41 bits per heavy atom. The largest absolute Gasteiger partial charge is 0.368 e. The fourth-order valence-electron chi connectivity index (χ4n) is 4.74. The number of rotatable bonds is 4. The van der Waals surface area contributed by atoms with E-state index in [4.69, 9.17) is 11.6 Å². The molecule has 8 heteroatoms. The molecular formula is C26H26ClN3O3S. The number of anilines is 1. The number of carbonyl (C=O) groups excluding carboxylic acids is 1. The van der Waals surface area contributed by atoms with Crippen LogP contribution in [0.1, 0.15) is 11.1 Å². The van der Waals surface area contributed by atoms with Gasteiger partial charge in [-0.1, -0.05) is 54.1 Å². The van der Waals surface area contributed by atoms with Gasteiger partial charge in [-0.2, -0.15) is 4.31 Å². The maximum atomic E-state index is 13.7. The number of hydrogen-bond donors (Lipinski definition) is 0. The molecule has 0 saturated carbocycles. The van der Waals surface area contributed by atoms with Crippen molar-refractivity contribution in [3.8, 4) is 0 Å². The molecule has 1 fully saturated rings. The molecule has 176 valence electrons. The minimum absolute atomic E-state index is 0.139. The Kier molecular flexibility index (Phi) is 6.34. The third-order valence-corrected chi connectivity index (χ3v) is 8.74. The summed E-state index contributed by atoms with van der Waals surface area (Å²) in [6.07, 6.45) is 0.362. The van der Waals surface area contributed by atoms with Gasteiger partial charge in [0, 0.05) is 43.4 Å². The van der Waals surface area contributed by atoms with Gasteiger partial charge in [-0.05, 0) is 53.9 Å². The fraction of sp³-hybridized carbons (Fsp3) is 0.269. The molecule has 2 heterocycles. The molecule has 3 aromatic carbocycles. The molecule has 5 rings (SSSR count). The van der Waals surface area contributed by atoms with E-state index in [1.54, 1.807) is 12.1 Å². The second-order valence-corrected chi connectivity index (χ2v) is 11.0. The van der Waals surface area contributed by atoms with Crippen molar-refractivity contribution in [3.05, 3.63) is 95.0 Å². The van der Waals surface area contributed by atoms with Crippen molar-refractivity contribution in [1.82, 2.24) is 9.21 Å². The molecule has 0 aromatic heterocycles. The summed E-state index contributed by atoms with van der Waals surface area (Å²) >= 11 is 5.98. The van der Waals surface area contributed by atoms with Crippen LogP contribution in [-0.2, 0) is 27.8 Å². The van der Waals surface area contributed by atoms with Gasteiger partial charge in [0.15, 0.2) is 0 Å². The van der Waals surface area contributed by atoms with Crippen LogP contribution in [0.25, 0.3) is 0 Å². The van der Waals surface area contributed by atoms with Gasteiger partial charge in [-0.15, -0.1) is 0 Å². The van der Waals surface area contributed by atoms with Gasteiger partial charge in [0.1, 0.15) is 6.04 Å². The number of halogens is 1. The van der Waals surface area contributed by atoms with Crippen molar-refractivity contribution in [3.63, 3.8) is 0 Å². The Hall–Kier alpha value is -2.87. The highest BCUT2D eigenvalue weighted by molar-refractivity contribution is 7.89. The van der Waals surface area contributed by atoms with E-state index < -0.39 is 16.1 Å². The van der Waals surface area contributed by atoms with Crippen LogP contribution in [0, 0.1) is 0 Å². The first-order valence-electron chi connectivity index (χ1n) is 11.4. The van der Waals surface area contributed by atoms with E-state index in [1.165, 1.54) is 16.4 Å². The zero-order valence-corrected chi connectivity index (χ0v) is 20.3. The second kappa shape index (κ2) is 9.41. The van der Waals surface area contributed by atoms with Crippen LogP contribution >= 0.6 is 11.6 Å². The quantitative estimate of drug-likeness (QED) is 0.552. The second-order valence-electron chi connectivity index (χ2n) is 8.64. The SMILES string of the molecule is O=C([C@@H]1Cc2ccccc2CN1S(=O)(=O)c1ccc(Cl)cc1)N1CCN(c2ccccc2)CC1. The number of benzene rings is 3. The average molecular weight is 496 g/mol. The average Bonchev–Trinajstić information content (AvgIpc) is 2.88. The maximum Gasteiger partial charge on any atom is 0.244 e. The first kappa shape index (κ1) is 22.9. The highest BCUT2D eigenvalue weighted by Crippen LogP contribution is 2.31. The summed E-state index contributed by atoms with van der Waals surface area (Å²) in [7, 11) is -3.89. The van der Waals surface area contributed by atoms with Crippen molar-refractivity contribution in [2.45, 2.75) is 23.9 Å². The van der Waals surface area contributed by atoms with Gasteiger partial charge < -0.3 is 9.80 Å². The van der Waals surface area contributed by atoms with E-state index in [0.717, 1.165) is 16.8 Å². The lowest BCUT2D eigenvalue weighted by molar-refractivity contribution is -0.136. The van der Waals surface area contributed by atoms with Crippen molar-refractivity contribution >= 4 is 33.2 Å². The summed E-state index contributed by atoms with van der Waals surface area (Å²) < 4.78 is 28.7. The van der Waals surface area contributed by atoms with Gasteiger partial charge in [-0.3, -0.25) is 4.79 Å². The Labute approximate surface area is 205 Å². The molecule has 1 saturated heterocycles. The first-order chi connectivity index (χ1) is 16.4. The third-order valence-electron chi connectivity index (χ3n) is 6.62. The molecule has 2 aliphatic rings. The summed E-state index contributed by atoms with van der Waals surface area (Å²) in [4.78, 5) is 17.9. The Morgan fingerprint density at radius 3 is 2.09 bits per heavy atom. The van der Waals surface area contributed by atoms with Crippen LogP contribution in [0.3, 0.4) is 0 Å². The number of fused-ring (bicyclic) bond motifs is 1. The molecule has 6 nitrogen and oxygen atoms in total. The molecule has 0 spiro atoms. The standard InChI is InChI=1S/C26H26ClN3O3S/c27-22-10-12-24(13-11-22)34(32,33)30-19-21-7-5-4-6-20(21)18-25(30)26(31)29-16-14-28(15-17-29)23-8-2-1-3-9-23/h1-13,25H,14-19H2/t25-/m0/s1. The predicted octanol–water partition coefficient (Wildman–Crippen LogP) is 3.80. The Bertz CT molecular complexity index is 1270. The fourth-order valence-corrected chi connectivity index (χ4v) is 6.42. The van der Waals surface area contributed by atoms with E-state index in [2.05, 4.69) is 17.0 Å². The maximum absolute atomic E-state index is 13.7. The predicted molar refractivity (Wildman–Crippen MR) is 133 cm³/mol. The minimum atomic E-state index is -3.89. The van der Waals surface area contributed by atoms with Crippen LogP contribution < -0.4 is 4.90 Å². The van der Waals surface area contributed by atoms with Crippen molar-refractivity contribution < 1.29 is 13.2 Å². The van der Waals surface area contributed by atoms with E-state index in [-0.39, 0.29) is 17.3 Å². The smallest absolute Gasteiger partial charge is 0.244 e. The van der Waals surface area contributed by atoms with Crippen LogP contribution in [0.15, 0.2) is 83.8 Å². The van der Waals surface area contributed by atoms with Gasteiger partial charge in [0.25, 0.3) is 0 Å². The van der Waals surface area contributed by atoms with Crippen LogP contribution in [0.2, 0.25) is 5.02 Å². The van der Waals surface area contributed by atoms with E-state index in [1.807, 2.05) is 47.4 Å². The monoisotopic (exact) mass is 495 g/mol. The summed E-state index contributed by atoms with van der Waals surface area (Å²) in [5.41, 5.74) is 3.08. The zero-order chi connectivity index (χ0) is 23.7. The molecule has 0 unspecified atom stereocenters. The zero-order valence-electron chi connectivity index (χ0n) is 18.7. The number of sulfonamides is 1. The molecule has 0 radical (unpaired) electrons. The molecule has 1 atom stereocenters. The van der Waals surface area contributed by atoms with Crippen LogP contribution in [0.5, 0.6) is 0 Å². The summed E-state index contributed by atoms with van der Waals surface area (Å²) in [6.45, 7) is 2.70. The Morgan fingerprint density at radius 1 is 0.794 bits per heavy atom. The van der Waals surface area contributed by atoms with Gasteiger partial charge in [0.2, 0.25) is 15.9 Å². The number of nitrogens with zero attached hydrogens (tertiary/aromatic N) is 3. The van der Waals surface area contributed by atoms with Crippen LogP contribution in [0.4, 0.5) is 5.69 Å². The normalized spacial score (nSPS) is 19.0. The lowest BCUT2D eigenvalue weighted by Crippen LogP contribution is -2.57. The highest BCUT2D eigenvalue weighted by Gasteiger charge is 2.41. The van der Waals surface area contributed by atoms with E-state index in [9.17, 15) is 13.2 Å². The molecular weight excluding hydrogens is 470 g/mol. The van der Waals surface area contributed by atoms with Gasteiger partial charge >= 0.3 is 0 Å². The van der Waals surface area contributed by atoms with Gasteiger partial charge in [-0.25, -0.2) is 8.42 Å². The van der Waals surface area contributed by atoms with E-state index >= 15 is 0 Å².